The van der Waals surface area contributed by atoms with E-state index in [0.717, 1.165) is 58.7 Å². The predicted octanol–water partition coefficient (Wildman–Crippen LogP) is 2.22. The average molecular weight is 598 g/mol. The normalized spacial score (nSPS) is 13.9. The van der Waals surface area contributed by atoms with Gasteiger partial charge in [-0.3, -0.25) is 14.4 Å². The third kappa shape index (κ3) is 5.54. The van der Waals surface area contributed by atoms with Gasteiger partial charge in [0, 0.05) is 12.1 Å². The molecule has 1 amide bonds. The van der Waals surface area contributed by atoms with Crippen LogP contribution in [0.5, 0.6) is 5.75 Å². The molecule has 15 heteroatoms. The van der Waals surface area contributed by atoms with E-state index >= 15 is 0 Å². The molecule has 0 unspecified atom stereocenters. The molecule has 1 saturated heterocycles. The molecular weight excluding hydrogens is 570 g/mol. The molecule has 1 aliphatic rings. The summed E-state index contributed by atoms with van der Waals surface area (Å²) in [6.07, 6.45) is 3.75. The van der Waals surface area contributed by atoms with Crippen LogP contribution in [0.1, 0.15) is 51.5 Å². The number of aromatic nitrogens is 7. The van der Waals surface area contributed by atoms with Gasteiger partial charge >= 0.3 is 0 Å². The molecule has 0 atom stereocenters. The Hall–Kier alpha value is -4.11. The smallest absolute Gasteiger partial charge is 0.292 e. The van der Waals surface area contributed by atoms with E-state index in [2.05, 4.69) is 57.1 Å². The van der Waals surface area contributed by atoms with Crippen molar-refractivity contribution in [2.24, 2.45) is 5.10 Å². The lowest BCUT2D eigenvalue weighted by atomic mass is 10.1. The molecule has 0 radical (unpaired) electrons. The average Bonchev–Trinajstić information content (AvgIpc) is 3.72. The number of hydrogen-bond donors (Lipinski definition) is 2. The first-order valence-electron chi connectivity index (χ1n) is 12.3. The number of carbonyl (C=O) groups excluding carboxylic acids is 1. The van der Waals surface area contributed by atoms with Crippen LogP contribution in [0.3, 0.4) is 0 Å². The van der Waals surface area contributed by atoms with Gasteiger partial charge in [0.15, 0.2) is 5.69 Å². The quantitative estimate of drug-likeness (QED) is 0.215. The maximum atomic E-state index is 13.3. The number of amides is 1. The van der Waals surface area contributed by atoms with E-state index in [0.29, 0.717) is 18.8 Å². The van der Waals surface area contributed by atoms with Crippen LogP contribution < -0.4 is 15.9 Å². The Balaban J connectivity index is 1.37. The second kappa shape index (κ2) is 11.3. The number of carbonyl (C=O) groups is 1. The van der Waals surface area contributed by atoms with E-state index in [9.17, 15) is 4.79 Å². The first-order valence-corrected chi connectivity index (χ1v) is 13.1. The van der Waals surface area contributed by atoms with Crippen LogP contribution in [0.2, 0.25) is 0 Å². The van der Waals surface area contributed by atoms with E-state index in [1.165, 1.54) is 4.68 Å². The summed E-state index contributed by atoms with van der Waals surface area (Å²) in [5, 5.41) is 24.4. The van der Waals surface area contributed by atoms with Crippen molar-refractivity contribution < 1.29 is 14.2 Å². The fourth-order valence-corrected chi connectivity index (χ4v) is 4.78. The van der Waals surface area contributed by atoms with E-state index in [4.69, 9.17) is 15.1 Å². The van der Waals surface area contributed by atoms with Gasteiger partial charge in [-0.2, -0.15) is 14.9 Å². The molecule has 0 bridgehead atoms. The highest BCUT2D eigenvalue weighted by Crippen LogP contribution is 2.25. The third-order valence-electron chi connectivity index (χ3n) is 6.52. The number of nitrogen functional groups attached to an aromatic ring is 1. The highest BCUT2D eigenvalue weighted by molar-refractivity contribution is 9.10. The van der Waals surface area contributed by atoms with E-state index in [1.54, 1.807) is 13.3 Å². The highest BCUT2D eigenvalue weighted by atomic mass is 79.9. The summed E-state index contributed by atoms with van der Waals surface area (Å²) in [5.74, 6) is 0.278. The number of nitrogens with two attached hydrogens (primary N) is 1. The van der Waals surface area contributed by atoms with Gasteiger partial charge in [0.25, 0.3) is 5.91 Å². The molecule has 3 aromatic heterocycles. The molecular formula is C24H28BrN11O3. The zero-order valence-corrected chi connectivity index (χ0v) is 23.3. The number of rotatable bonds is 9. The number of hydrazone groups is 1. The van der Waals surface area contributed by atoms with Crippen molar-refractivity contribution in [3.8, 4) is 11.6 Å². The minimum absolute atomic E-state index is 0.00872. The summed E-state index contributed by atoms with van der Waals surface area (Å²) in [4.78, 5) is 15.5. The molecule has 14 nitrogen and oxygen atoms in total. The molecule has 4 aromatic rings. The summed E-state index contributed by atoms with van der Waals surface area (Å²) in [7, 11) is 1.62. The lowest BCUT2D eigenvalue weighted by Gasteiger charge is -2.13. The van der Waals surface area contributed by atoms with E-state index in [-0.39, 0.29) is 17.3 Å². The van der Waals surface area contributed by atoms with Crippen molar-refractivity contribution in [1.82, 2.24) is 45.4 Å². The van der Waals surface area contributed by atoms with Crippen molar-refractivity contribution in [3.05, 3.63) is 56.6 Å². The second-order valence-corrected chi connectivity index (χ2v) is 9.96. The first-order chi connectivity index (χ1) is 18.9. The second-order valence-electron chi connectivity index (χ2n) is 9.17. The Kier molecular flexibility index (Phi) is 7.70. The van der Waals surface area contributed by atoms with E-state index in [1.807, 2.05) is 36.7 Å². The molecule has 1 aromatic carbocycles. The number of nitrogens with zero attached hydrogens (tertiary/aromatic N) is 9. The van der Waals surface area contributed by atoms with Gasteiger partial charge in [0.05, 0.1) is 35.7 Å². The summed E-state index contributed by atoms with van der Waals surface area (Å²) >= 11 is 3.57. The Morgan fingerprint density at radius 2 is 2.05 bits per heavy atom. The summed E-state index contributed by atoms with van der Waals surface area (Å²) in [6, 6.07) is 5.64. The Bertz CT molecular complexity index is 1520. The molecule has 5 rings (SSSR count). The van der Waals surface area contributed by atoms with Crippen LogP contribution in [0.25, 0.3) is 5.82 Å². The first kappa shape index (κ1) is 26.5. The topological polar surface area (TPSA) is 167 Å². The number of ether oxygens (including phenoxy) is 1. The van der Waals surface area contributed by atoms with Crippen LogP contribution in [0.4, 0.5) is 5.82 Å². The number of aryl methyl sites for hydroxylation is 1. The van der Waals surface area contributed by atoms with Gasteiger partial charge in [-0.1, -0.05) is 5.21 Å². The molecule has 0 saturated carbocycles. The van der Waals surface area contributed by atoms with Gasteiger partial charge in [0.1, 0.15) is 11.4 Å². The number of hydrogen-bond acceptors (Lipinski definition) is 11. The number of anilines is 1. The van der Waals surface area contributed by atoms with Gasteiger partial charge in [-0.05, 0) is 89.8 Å². The third-order valence-corrected chi connectivity index (χ3v) is 7.67. The molecule has 0 aliphatic carbocycles. The molecule has 1 aliphatic heterocycles. The molecule has 4 heterocycles. The minimum Gasteiger partial charge on any atom is -0.496 e. The minimum atomic E-state index is -0.519. The van der Waals surface area contributed by atoms with Gasteiger partial charge in [0.2, 0.25) is 11.6 Å². The Labute approximate surface area is 232 Å². The van der Waals surface area contributed by atoms with Crippen molar-refractivity contribution in [1.29, 1.82) is 0 Å². The lowest BCUT2D eigenvalue weighted by molar-refractivity contribution is 0.0945. The van der Waals surface area contributed by atoms with Gasteiger partial charge in [-0.25, -0.2) is 10.1 Å². The summed E-state index contributed by atoms with van der Waals surface area (Å²) in [5.41, 5.74) is 12.7. The Morgan fingerprint density at radius 3 is 2.72 bits per heavy atom. The molecule has 3 N–H and O–H groups in total. The number of nitrogens with one attached hydrogen (secondary N) is 1. The molecule has 39 heavy (non-hydrogen) atoms. The number of halogens is 1. The standard InChI is InChI=1S/C24H28BrN11O3/c1-14-20(25)15(2)35(30-14)12-17-10-16(6-7-19(17)38-3)11-27-29-24(37)21-18(13-34-8-4-5-9-34)28-33-36(21)23-22(26)31-39-32-23/h6-7,10-11H,4-5,8-9,12-13H2,1-3H3,(H2,26,31)(H,29,37). The lowest BCUT2D eigenvalue weighted by Crippen LogP contribution is -2.26. The fraction of sp³-hybridized carbons (Fsp3) is 0.375. The van der Waals surface area contributed by atoms with Gasteiger partial charge in [-0.15, -0.1) is 5.10 Å². The van der Waals surface area contributed by atoms with Crippen LogP contribution in [0.15, 0.2) is 32.4 Å². The van der Waals surface area contributed by atoms with E-state index < -0.39 is 5.91 Å². The number of benzene rings is 1. The van der Waals surface area contributed by atoms with Crippen LogP contribution in [0, 0.1) is 13.8 Å². The SMILES string of the molecule is COc1ccc(C=NNC(=O)c2c(CN3CCCC3)nnn2-c2nonc2N)cc1Cn1nc(C)c(Br)c1C. The van der Waals surface area contributed by atoms with Crippen molar-refractivity contribution >= 4 is 33.9 Å². The van der Waals surface area contributed by atoms with Crippen LogP contribution >= 0.6 is 15.9 Å². The zero-order valence-electron chi connectivity index (χ0n) is 21.8. The van der Waals surface area contributed by atoms with Crippen molar-refractivity contribution in [2.75, 3.05) is 25.9 Å². The molecule has 1 fully saturated rings. The fourth-order valence-electron chi connectivity index (χ4n) is 4.50. The number of methoxy groups -OCH3 is 1. The van der Waals surface area contributed by atoms with Crippen LogP contribution in [-0.4, -0.2) is 72.3 Å². The molecule has 204 valence electrons. The van der Waals surface area contributed by atoms with Crippen molar-refractivity contribution in [2.45, 2.75) is 39.8 Å². The maximum absolute atomic E-state index is 13.3. The largest absolute Gasteiger partial charge is 0.496 e. The monoisotopic (exact) mass is 597 g/mol. The molecule has 0 spiro atoms. The Morgan fingerprint density at radius 1 is 1.26 bits per heavy atom. The summed E-state index contributed by atoms with van der Waals surface area (Å²) in [6.45, 7) is 6.76. The van der Waals surface area contributed by atoms with Gasteiger partial charge < -0.3 is 10.5 Å². The zero-order chi connectivity index (χ0) is 27.5. The van der Waals surface area contributed by atoms with Crippen molar-refractivity contribution in [3.63, 3.8) is 0 Å². The number of likely N-dealkylation sites (tertiary alicyclic amines) is 1. The summed E-state index contributed by atoms with van der Waals surface area (Å²) < 4.78 is 14.4. The highest BCUT2D eigenvalue weighted by Gasteiger charge is 2.27. The van der Waals surface area contributed by atoms with Crippen LogP contribution in [-0.2, 0) is 13.1 Å². The predicted molar refractivity (Wildman–Crippen MR) is 145 cm³/mol. The maximum Gasteiger partial charge on any atom is 0.292 e.